The summed E-state index contributed by atoms with van der Waals surface area (Å²) in [5.41, 5.74) is 0.584. The van der Waals surface area contributed by atoms with E-state index < -0.39 is 15.7 Å². The smallest absolute Gasteiger partial charge is 0.409 e. The number of thioether (sulfide) groups is 1. The number of ether oxygens (including phenoxy) is 1. The quantitative estimate of drug-likeness (QED) is 0.465. The lowest BCUT2D eigenvalue weighted by molar-refractivity contribution is 0.0937. The first-order chi connectivity index (χ1) is 16.8. The van der Waals surface area contributed by atoms with Gasteiger partial charge in [0.2, 0.25) is 0 Å². The number of rotatable bonds is 7. The van der Waals surface area contributed by atoms with Gasteiger partial charge >= 0.3 is 6.09 Å². The Morgan fingerprint density at radius 1 is 1.23 bits per heavy atom. The largest absolute Gasteiger partial charge is 0.449 e. The predicted octanol–water partition coefficient (Wildman–Crippen LogP) is 4.06. The Kier molecular flexibility index (Phi) is 6.67. The van der Waals surface area contributed by atoms with Crippen LogP contribution in [0.5, 0.6) is 0 Å². The van der Waals surface area contributed by atoms with Crippen molar-refractivity contribution in [3.8, 4) is 11.4 Å². The molecule has 3 heterocycles. The molecule has 5 rings (SSSR count). The van der Waals surface area contributed by atoms with Crippen LogP contribution in [0.15, 0.2) is 34.3 Å². The molecule has 1 N–H and O–H groups in total. The Bertz CT molecular complexity index is 1350. The molecule has 1 aliphatic heterocycles. The average Bonchev–Trinajstić information content (AvgIpc) is 3.52. The lowest BCUT2D eigenvalue weighted by atomic mass is 10.1. The van der Waals surface area contributed by atoms with Gasteiger partial charge in [0.25, 0.3) is 0 Å². The fourth-order valence-corrected chi connectivity index (χ4v) is 5.86. The summed E-state index contributed by atoms with van der Waals surface area (Å²) in [5, 5.41) is 8.48. The van der Waals surface area contributed by atoms with Crippen LogP contribution in [-0.4, -0.2) is 70.8 Å². The van der Waals surface area contributed by atoms with Crippen LogP contribution < -0.4 is 0 Å². The highest BCUT2D eigenvalue weighted by molar-refractivity contribution is 8.00. The Hall–Kier alpha value is -2.73. The fraction of sp³-hybridized carbons (Fsp3) is 0.478. The highest BCUT2D eigenvalue weighted by atomic mass is 32.2. The molecule has 9 nitrogen and oxygen atoms in total. The number of benzene rings is 1. The number of carbonyl (C=O) groups excluding carboxylic acids is 1. The van der Waals surface area contributed by atoms with Crippen molar-refractivity contribution in [2.45, 2.75) is 47.3 Å². The molecular weight excluding hydrogens is 493 g/mol. The zero-order valence-electron chi connectivity index (χ0n) is 19.2. The molecule has 1 amide bonds. The van der Waals surface area contributed by atoms with Gasteiger partial charge in [-0.25, -0.2) is 27.6 Å². The standard InChI is InChI=1S/C23H26FN5O4S2/c1-35(31,32)16-4-5-17(19(24)12-16)20-26-21-18(13-25-28-21)22(27-20)34-15-6-9-29(10-7-15)23(30)33-11-8-14-2-3-14/h4-5,12-15H,2-3,6-11H2,1H3,(H,25,26,27,28). The molecule has 1 saturated heterocycles. The number of hydrogen-bond donors (Lipinski definition) is 1. The Morgan fingerprint density at radius 3 is 2.69 bits per heavy atom. The minimum absolute atomic E-state index is 0.103. The minimum atomic E-state index is -3.53. The maximum atomic E-state index is 14.8. The third kappa shape index (κ3) is 5.58. The normalized spacial score (nSPS) is 17.1. The molecule has 2 aliphatic rings. The Labute approximate surface area is 206 Å². The van der Waals surface area contributed by atoms with Crippen molar-refractivity contribution in [1.82, 2.24) is 25.1 Å². The van der Waals surface area contributed by atoms with Crippen LogP contribution in [0.1, 0.15) is 32.1 Å². The number of aromatic amines is 1. The summed E-state index contributed by atoms with van der Waals surface area (Å²) in [6, 6.07) is 3.71. The number of nitrogens with zero attached hydrogens (tertiary/aromatic N) is 4. The summed E-state index contributed by atoms with van der Waals surface area (Å²) in [7, 11) is -3.53. The van der Waals surface area contributed by atoms with E-state index in [1.54, 1.807) is 22.9 Å². The van der Waals surface area contributed by atoms with E-state index in [2.05, 4.69) is 20.2 Å². The number of piperidine rings is 1. The zero-order valence-corrected chi connectivity index (χ0v) is 20.9. The first kappa shape index (κ1) is 24.0. The van der Waals surface area contributed by atoms with E-state index in [4.69, 9.17) is 4.74 Å². The van der Waals surface area contributed by atoms with Gasteiger partial charge < -0.3 is 9.64 Å². The van der Waals surface area contributed by atoms with Crippen molar-refractivity contribution in [2.24, 2.45) is 5.92 Å². The molecule has 2 aromatic heterocycles. The van der Waals surface area contributed by atoms with Gasteiger partial charge in [-0.05, 0) is 43.4 Å². The second kappa shape index (κ2) is 9.73. The van der Waals surface area contributed by atoms with Crippen LogP contribution in [0.25, 0.3) is 22.4 Å². The van der Waals surface area contributed by atoms with Gasteiger partial charge in [0.1, 0.15) is 10.8 Å². The number of amides is 1. The second-order valence-corrected chi connectivity index (χ2v) is 12.4. The van der Waals surface area contributed by atoms with Gasteiger partial charge in [-0.15, -0.1) is 11.8 Å². The molecule has 0 atom stereocenters. The third-order valence-corrected chi connectivity index (χ3v) is 8.76. The van der Waals surface area contributed by atoms with Crippen LogP contribution in [-0.2, 0) is 14.6 Å². The molecule has 1 saturated carbocycles. The van der Waals surface area contributed by atoms with E-state index in [9.17, 15) is 17.6 Å². The SMILES string of the molecule is CS(=O)(=O)c1ccc(-c2nc(SC3CCN(C(=O)OCCC4CC4)CC3)c3cn[nH]c3n2)c(F)c1. The summed E-state index contributed by atoms with van der Waals surface area (Å²) in [4.78, 5) is 23.0. The van der Waals surface area contributed by atoms with Crippen molar-refractivity contribution < 1.29 is 22.3 Å². The molecular formula is C23H26FN5O4S2. The molecule has 186 valence electrons. The van der Waals surface area contributed by atoms with Gasteiger partial charge in [-0.1, -0.05) is 12.8 Å². The number of halogens is 1. The van der Waals surface area contributed by atoms with E-state index in [0.29, 0.717) is 30.4 Å². The number of nitrogens with one attached hydrogen (secondary N) is 1. The summed E-state index contributed by atoms with van der Waals surface area (Å²) >= 11 is 1.56. The van der Waals surface area contributed by atoms with Gasteiger partial charge in [0, 0.05) is 24.6 Å². The predicted molar refractivity (Wildman–Crippen MR) is 129 cm³/mol. The highest BCUT2D eigenvalue weighted by Crippen LogP contribution is 2.35. The molecule has 35 heavy (non-hydrogen) atoms. The summed E-state index contributed by atoms with van der Waals surface area (Å²) in [5.74, 6) is 0.170. The zero-order chi connectivity index (χ0) is 24.6. The summed E-state index contributed by atoms with van der Waals surface area (Å²) in [6.07, 6.45) is 7.41. The maximum Gasteiger partial charge on any atom is 0.409 e. The van der Waals surface area contributed by atoms with Crippen LogP contribution in [0.4, 0.5) is 9.18 Å². The number of sulfone groups is 1. The number of likely N-dealkylation sites (tertiary alicyclic amines) is 1. The molecule has 0 radical (unpaired) electrons. The topological polar surface area (TPSA) is 118 Å². The molecule has 1 aromatic carbocycles. The first-order valence-corrected chi connectivity index (χ1v) is 14.3. The van der Waals surface area contributed by atoms with E-state index in [-0.39, 0.29) is 27.6 Å². The number of fused-ring (bicyclic) bond motifs is 1. The summed E-state index contributed by atoms with van der Waals surface area (Å²) in [6.45, 7) is 1.70. The van der Waals surface area contributed by atoms with Crippen molar-refractivity contribution in [1.29, 1.82) is 0 Å². The van der Waals surface area contributed by atoms with Crippen LogP contribution in [0, 0.1) is 11.7 Å². The van der Waals surface area contributed by atoms with Gasteiger partial charge in [0.05, 0.1) is 28.6 Å². The number of carbonyl (C=O) groups is 1. The molecule has 1 aliphatic carbocycles. The molecule has 0 bridgehead atoms. The van der Waals surface area contributed by atoms with Crippen LogP contribution in [0.2, 0.25) is 0 Å². The van der Waals surface area contributed by atoms with Crippen molar-refractivity contribution in [3.05, 3.63) is 30.2 Å². The van der Waals surface area contributed by atoms with E-state index in [1.807, 2.05) is 0 Å². The van der Waals surface area contributed by atoms with Gasteiger partial charge in [-0.3, -0.25) is 5.10 Å². The summed E-state index contributed by atoms with van der Waals surface area (Å²) < 4.78 is 43.7. The molecule has 2 fully saturated rings. The van der Waals surface area contributed by atoms with Gasteiger partial charge in [-0.2, -0.15) is 5.10 Å². The van der Waals surface area contributed by atoms with E-state index >= 15 is 0 Å². The number of hydrogen-bond acceptors (Lipinski definition) is 8. The Balaban J connectivity index is 1.29. The second-order valence-electron chi connectivity index (χ2n) is 9.05. The lowest BCUT2D eigenvalue weighted by Gasteiger charge is -2.30. The fourth-order valence-electron chi connectivity index (χ4n) is 4.05. The van der Waals surface area contributed by atoms with Crippen molar-refractivity contribution >= 4 is 38.7 Å². The van der Waals surface area contributed by atoms with Gasteiger partial charge in [0.15, 0.2) is 21.3 Å². The molecule has 0 spiro atoms. The van der Waals surface area contributed by atoms with E-state index in [1.165, 1.54) is 25.0 Å². The monoisotopic (exact) mass is 519 g/mol. The van der Waals surface area contributed by atoms with E-state index in [0.717, 1.165) is 42.9 Å². The van der Waals surface area contributed by atoms with Crippen LogP contribution in [0.3, 0.4) is 0 Å². The number of H-pyrrole nitrogens is 1. The third-order valence-electron chi connectivity index (χ3n) is 6.31. The molecule has 12 heteroatoms. The Morgan fingerprint density at radius 2 is 2.00 bits per heavy atom. The maximum absolute atomic E-state index is 14.8. The average molecular weight is 520 g/mol. The highest BCUT2D eigenvalue weighted by Gasteiger charge is 2.27. The molecule has 0 unspecified atom stereocenters. The molecule has 3 aromatic rings. The van der Waals surface area contributed by atoms with Crippen molar-refractivity contribution in [2.75, 3.05) is 26.0 Å². The minimum Gasteiger partial charge on any atom is -0.449 e. The first-order valence-electron chi connectivity index (χ1n) is 11.6. The van der Waals surface area contributed by atoms with Crippen molar-refractivity contribution in [3.63, 3.8) is 0 Å². The van der Waals surface area contributed by atoms with Crippen LogP contribution >= 0.6 is 11.8 Å². The lowest BCUT2D eigenvalue weighted by Crippen LogP contribution is -2.39. The number of aromatic nitrogens is 4.